The number of ether oxygens (including phenoxy) is 3. The molecule has 0 bridgehead atoms. The summed E-state index contributed by atoms with van der Waals surface area (Å²) >= 11 is 0. The lowest BCUT2D eigenvalue weighted by molar-refractivity contribution is -0.149. The Balaban J connectivity index is 4.62. The molecule has 0 aromatic carbocycles. The van der Waals surface area contributed by atoms with Crippen molar-refractivity contribution in [2.24, 2.45) is 0 Å². The lowest BCUT2D eigenvalue weighted by Gasteiger charge is -2.24. The van der Waals surface area contributed by atoms with E-state index in [1.54, 1.807) is 4.90 Å². The van der Waals surface area contributed by atoms with Gasteiger partial charge in [0, 0.05) is 19.6 Å². The van der Waals surface area contributed by atoms with Crippen LogP contribution in [0.3, 0.4) is 0 Å². The molecule has 9 nitrogen and oxygen atoms in total. The SMILES string of the molecule is CCCCCCCCCCCOC(=O)CN(CCO)CCCN(CC(=O)OCCCCCCCCCCC)CC(=O)OCCCCCCCCCCC. The van der Waals surface area contributed by atoms with E-state index in [0.717, 1.165) is 51.4 Å². The van der Waals surface area contributed by atoms with E-state index in [2.05, 4.69) is 20.8 Å². The van der Waals surface area contributed by atoms with Crippen LogP contribution >= 0.6 is 0 Å². The zero-order chi connectivity index (χ0) is 38.9. The highest BCUT2D eigenvalue weighted by Gasteiger charge is 2.18. The molecule has 0 aliphatic heterocycles. The molecule has 1 N–H and O–H groups in total. The fraction of sp³-hybridized carbons (Fsp3) is 0.932. The molecule has 0 saturated carbocycles. The second-order valence-corrected chi connectivity index (χ2v) is 15.2. The van der Waals surface area contributed by atoms with E-state index in [4.69, 9.17) is 14.2 Å². The third kappa shape index (κ3) is 38.4. The molecule has 0 aromatic heterocycles. The number of hydrogen-bond donors (Lipinski definition) is 1. The summed E-state index contributed by atoms with van der Waals surface area (Å²) in [5, 5.41) is 9.62. The molecule has 0 atom stereocenters. The van der Waals surface area contributed by atoms with Crippen molar-refractivity contribution in [1.82, 2.24) is 9.80 Å². The molecule has 0 rings (SSSR count). The zero-order valence-electron chi connectivity index (χ0n) is 35.2. The number of carbonyl (C=O) groups excluding carboxylic acids is 3. The van der Waals surface area contributed by atoms with Crippen molar-refractivity contribution < 1.29 is 33.7 Å². The number of nitrogens with zero attached hydrogens (tertiary/aromatic N) is 2. The quantitative estimate of drug-likeness (QED) is 0.0370. The summed E-state index contributed by atoms with van der Waals surface area (Å²) in [7, 11) is 0. The molecular weight excluding hydrogens is 668 g/mol. The average molecular weight is 755 g/mol. The van der Waals surface area contributed by atoms with E-state index in [-0.39, 0.29) is 44.1 Å². The van der Waals surface area contributed by atoms with Gasteiger partial charge < -0.3 is 19.3 Å². The Morgan fingerprint density at radius 1 is 0.358 bits per heavy atom. The highest BCUT2D eigenvalue weighted by atomic mass is 16.5. The first-order chi connectivity index (χ1) is 26.0. The highest BCUT2D eigenvalue weighted by Crippen LogP contribution is 2.12. The standard InChI is InChI=1S/C44H86N2O7/c1-4-7-10-13-16-19-22-25-28-36-51-42(48)39-45(34-35-47)32-31-33-46(40-43(49)52-37-29-26-23-20-17-14-11-8-5-2)41-44(50)53-38-30-27-24-21-18-15-12-9-6-3/h47H,4-41H2,1-3H3. The van der Waals surface area contributed by atoms with Crippen LogP contribution in [0.25, 0.3) is 0 Å². The molecule has 0 unspecified atom stereocenters. The molecule has 0 aliphatic rings. The van der Waals surface area contributed by atoms with E-state index < -0.39 is 0 Å². The van der Waals surface area contributed by atoms with Gasteiger partial charge in [-0.1, -0.05) is 175 Å². The predicted molar refractivity (Wildman–Crippen MR) is 219 cm³/mol. The smallest absolute Gasteiger partial charge is 0.320 e. The maximum Gasteiger partial charge on any atom is 0.320 e. The maximum absolute atomic E-state index is 12.8. The van der Waals surface area contributed by atoms with Crippen LogP contribution in [0.2, 0.25) is 0 Å². The Labute approximate surface area is 327 Å². The lowest BCUT2D eigenvalue weighted by Crippen LogP contribution is -2.39. The number of aliphatic hydroxyl groups excluding tert-OH is 1. The topological polar surface area (TPSA) is 106 Å². The maximum atomic E-state index is 12.8. The molecule has 314 valence electrons. The molecular formula is C44H86N2O7. The van der Waals surface area contributed by atoms with Crippen molar-refractivity contribution in [2.75, 3.05) is 65.7 Å². The Morgan fingerprint density at radius 2 is 0.623 bits per heavy atom. The van der Waals surface area contributed by atoms with E-state index >= 15 is 0 Å². The Hall–Kier alpha value is -1.71. The van der Waals surface area contributed by atoms with Crippen LogP contribution in [0.15, 0.2) is 0 Å². The predicted octanol–water partition coefficient (Wildman–Crippen LogP) is 10.2. The van der Waals surface area contributed by atoms with Crippen LogP contribution < -0.4 is 0 Å². The number of carbonyl (C=O) groups is 3. The van der Waals surface area contributed by atoms with Gasteiger partial charge in [0.15, 0.2) is 0 Å². The summed E-state index contributed by atoms with van der Waals surface area (Å²) in [4.78, 5) is 41.8. The van der Waals surface area contributed by atoms with Gasteiger partial charge in [0.1, 0.15) is 0 Å². The minimum absolute atomic E-state index is 0.0192. The van der Waals surface area contributed by atoms with Gasteiger partial charge in [0.2, 0.25) is 0 Å². The van der Waals surface area contributed by atoms with Crippen LogP contribution in [0.5, 0.6) is 0 Å². The molecule has 0 aromatic rings. The average Bonchev–Trinajstić information content (AvgIpc) is 3.14. The van der Waals surface area contributed by atoms with Crippen molar-refractivity contribution in [3.05, 3.63) is 0 Å². The van der Waals surface area contributed by atoms with Crippen molar-refractivity contribution in [3.8, 4) is 0 Å². The van der Waals surface area contributed by atoms with Crippen LogP contribution in [-0.2, 0) is 28.6 Å². The third-order valence-corrected chi connectivity index (χ3v) is 9.96. The lowest BCUT2D eigenvalue weighted by atomic mass is 10.1. The number of rotatable bonds is 42. The van der Waals surface area contributed by atoms with Gasteiger partial charge in [-0.3, -0.25) is 24.2 Å². The molecule has 0 amide bonds. The minimum Gasteiger partial charge on any atom is -0.465 e. The Morgan fingerprint density at radius 3 is 0.925 bits per heavy atom. The van der Waals surface area contributed by atoms with Crippen molar-refractivity contribution in [3.63, 3.8) is 0 Å². The van der Waals surface area contributed by atoms with Crippen LogP contribution in [0, 0.1) is 0 Å². The van der Waals surface area contributed by atoms with Crippen molar-refractivity contribution in [2.45, 2.75) is 201 Å². The monoisotopic (exact) mass is 755 g/mol. The first-order valence-electron chi connectivity index (χ1n) is 22.5. The van der Waals surface area contributed by atoms with Crippen LogP contribution in [0.4, 0.5) is 0 Å². The van der Waals surface area contributed by atoms with Crippen molar-refractivity contribution in [1.29, 1.82) is 0 Å². The molecule has 0 heterocycles. The molecule has 0 aliphatic carbocycles. The van der Waals surface area contributed by atoms with Gasteiger partial charge in [-0.05, 0) is 25.7 Å². The normalized spacial score (nSPS) is 11.4. The van der Waals surface area contributed by atoms with Gasteiger partial charge >= 0.3 is 17.9 Å². The number of aliphatic hydroxyl groups is 1. The summed E-state index contributed by atoms with van der Waals surface area (Å²) in [6.45, 7) is 9.37. The number of esters is 3. The van der Waals surface area contributed by atoms with Crippen LogP contribution in [-0.4, -0.2) is 98.5 Å². The molecule has 53 heavy (non-hydrogen) atoms. The van der Waals surface area contributed by atoms with Gasteiger partial charge in [0.05, 0.1) is 46.1 Å². The van der Waals surface area contributed by atoms with E-state index in [1.165, 1.54) is 122 Å². The van der Waals surface area contributed by atoms with Gasteiger partial charge in [-0.25, -0.2) is 0 Å². The third-order valence-electron chi connectivity index (χ3n) is 9.96. The Kier molecular flexibility index (Phi) is 40.1. The summed E-state index contributed by atoms with van der Waals surface area (Å²) in [6, 6.07) is 0. The second kappa shape index (κ2) is 41.5. The fourth-order valence-corrected chi connectivity index (χ4v) is 6.62. The van der Waals surface area contributed by atoms with E-state index in [1.807, 2.05) is 4.90 Å². The second-order valence-electron chi connectivity index (χ2n) is 15.2. The fourth-order valence-electron chi connectivity index (χ4n) is 6.62. The number of unbranched alkanes of at least 4 members (excludes halogenated alkanes) is 24. The summed E-state index contributed by atoms with van der Waals surface area (Å²) < 4.78 is 16.6. The van der Waals surface area contributed by atoms with E-state index in [9.17, 15) is 19.5 Å². The molecule has 0 saturated heterocycles. The highest BCUT2D eigenvalue weighted by molar-refractivity contribution is 5.75. The largest absolute Gasteiger partial charge is 0.465 e. The van der Waals surface area contributed by atoms with Gasteiger partial charge in [0.25, 0.3) is 0 Å². The van der Waals surface area contributed by atoms with Gasteiger partial charge in [-0.2, -0.15) is 0 Å². The molecule has 0 fully saturated rings. The number of hydrogen-bond acceptors (Lipinski definition) is 9. The van der Waals surface area contributed by atoms with Gasteiger partial charge in [-0.15, -0.1) is 0 Å². The zero-order valence-corrected chi connectivity index (χ0v) is 35.2. The molecule has 0 radical (unpaired) electrons. The summed E-state index contributed by atoms with van der Waals surface area (Å²) in [6.07, 6.45) is 33.1. The summed E-state index contributed by atoms with van der Waals surface area (Å²) in [5.41, 5.74) is 0. The molecule has 9 heteroatoms. The minimum atomic E-state index is -0.330. The molecule has 0 spiro atoms. The van der Waals surface area contributed by atoms with Crippen molar-refractivity contribution >= 4 is 17.9 Å². The first-order valence-corrected chi connectivity index (χ1v) is 22.5. The van der Waals surface area contributed by atoms with Crippen LogP contribution in [0.1, 0.15) is 201 Å². The Bertz CT molecular complexity index is 775. The first kappa shape index (κ1) is 51.3. The van der Waals surface area contributed by atoms with E-state index in [0.29, 0.717) is 45.9 Å². The summed E-state index contributed by atoms with van der Waals surface area (Å²) in [5.74, 6) is -0.942.